The molecule has 0 N–H and O–H groups in total. The molecule has 3 heteroatoms. The first-order chi connectivity index (χ1) is 7.22. The van der Waals surface area contributed by atoms with E-state index in [4.69, 9.17) is 4.42 Å². The highest BCUT2D eigenvalue weighted by Gasteiger charge is 2.08. The van der Waals surface area contributed by atoms with Crippen LogP contribution in [0.5, 0.6) is 0 Å². The third kappa shape index (κ3) is 1.97. The molecule has 0 radical (unpaired) electrons. The van der Waals surface area contributed by atoms with E-state index in [9.17, 15) is 4.79 Å². The number of benzene rings is 1. The summed E-state index contributed by atoms with van der Waals surface area (Å²) < 4.78 is 6.28. The number of aldehydes is 1. The minimum Gasteiger partial charge on any atom is -0.463 e. The lowest BCUT2D eigenvalue weighted by molar-refractivity contribution is -0.108. The summed E-state index contributed by atoms with van der Waals surface area (Å²) in [6.45, 7) is 2.05. The highest BCUT2D eigenvalue weighted by atomic mass is 79.9. The molecular formula is C12H11BrO2. The van der Waals surface area contributed by atoms with Crippen molar-refractivity contribution >= 4 is 33.2 Å². The lowest BCUT2D eigenvalue weighted by atomic mass is 9.97. The highest BCUT2D eigenvalue weighted by molar-refractivity contribution is 9.10. The Labute approximate surface area is 96.4 Å². The molecular weight excluding hydrogens is 256 g/mol. The lowest BCUT2D eigenvalue weighted by Gasteiger charge is -2.07. The van der Waals surface area contributed by atoms with Crippen molar-refractivity contribution in [1.82, 2.24) is 0 Å². The van der Waals surface area contributed by atoms with Crippen LogP contribution in [-0.4, -0.2) is 6.29 Å². The Morgan fingerprint density at radius 2 is 2.33 bits per heavy atom. The molecule has 0 aliphatic heterocycles. The third-order valence-electron chi connectivity index (χ3n) is 2.57. The summed E-state index contributed by atoms with van der Waals surface area (Å²) in [4.78, 5) is 10.4. The van der Waals surface area contributed by atoms with Gasteiger partial charge in [0.05, 0.1) is 4.47 Å². The number of furan rings is 1. The van der Waals surface area contributed by atoms with Gasteiger partial charge in [-0.25, -0.2) is 0 Å². The van der Waals surface area contributed by atoms with Crippen molar-refractivity contribution in [2.75, 3.05) is 0 Å². The average molecular weight is 267 g/mol. The van der Waals surface area contributed by atoms with Gasteiger partial charge >= 0.3 is 0 Å². The van der Waals surface area contributed by atoms with Crippen LogP contribution < -0.4 is 0 Å². The Balaban J connectivity index is 2.45. The summed E-state index contributed by atoms with van der Waals surface area (Å²) >= 11 is 3.43. The fourth-order valence-corrected chi connectivity index (χ4v) is 2.01. The Kier molecular flexibility index (Phi) is 2.91. The minimum atomic E-state index is 0.258. The van der Waals surface area contributed by atoms with Crippen molar-refractivity contribution < 1.29 is 9.21 Å². The Morgan fingerprint density at radius 1 is 1.53 bits per heavy atom. The summed E-state index contributed by atoms with van der Waals surface area (Å²) in [5.41, 5.74) is 2.03. The van der Waals surface area contributed by atoms with Crippen molar-refractivity contribution in [3.63, 3.8) is 0 Å². The molecule has 0 saturated heterocycles. The van der Waals surface area contributed by atoms with Crippen molar-refractivity contribution in [3.8, 4) is 0 Å². The van der Waals surface area contributed by atoms with Gasteiger partial charge in [-0.1, -0.05) is 13.0 Å². The first kappa shape index (κ1) is 10.4. The van der Waals surface area contributed by atoms with Crippen LogP contribution >= 0.6 is 15.9 Å². The standard InChI is InChI=1S/C12H11BrO2/c1-8(4-5-14)9-2-3-12-10(6-9)11(13)7-15-12/h2-3,5-8H,4H2,1H3. The van der Waals surface area contributed by atoms with E-state index < -0.39 is 0 Å². The maximum atomic E-state index is 10.4. The first-order valence-corrected chi connectivity index (χ1v) is 5.62. The van der Waals surface area contributed by atoms with Gasteiger partial charge < -0.3 is 9.21 Å². The Hall–Kier alpha value is -1.09. The average Bonchev–Trinajstić information content (AvgIpc) is 2.60. The van der Waals surface area contributed by atoms with Gasteiger partial charge in [0.1, 0.15) is 18.1 Å². The molecule has 78 valence electrons. The SMILES string of the molecule is CC(CC=O)c1ccc2occ(Br)c2c1. The molecule has 2 nitrogen and oxygen atoms in total. The van der Waals surface area contributed by atoms with Gasteiger partial charge in [-0.2, -0.15) is 0 Å². The predicted molar refractivity (Wildman–Crippen MR) is 63.0 cm³/mol. The van der Waals surface area contributed by atoms with Crippen LogP contribution in [0.3, 0.4) is 0 Å². The van der Waals surface area contributed by atoms with Crippen LogP contribution in [0.15, 0.2) is 33.4 Å². The van der Waals surface area contributed by atoms with Crippen molar-refractivity contribution in [2.24, 2.45) is 0 Å². The number of halogens is 1. The monoisotopic (exact) mass is 266 g/mol. The van der Waals surface area contributed by atoms with E-state index in [1.54, 1.807) is 6.26 Å². The fourth-order valence-electron chi connectivity index (χ4n) is 1.60. The minimum absolute atomic E-state index is 0.258. The van der Waals surface area contributed by atoms with E-state index in [1.807, 2.05) is 19.1 Å². The van der Waals surface area contributed by atoms with E-state index in [1.165, 1.54) is 0 Å². The summed E-state index contributed by atoms with van der Waals surface area (Å²) in [5, 5.41) is 1.06. The molecule has 1 unspecified atom stereocenters. The van der Waals surface area contributed by atoms with E-state index in [2.05, 4.69) is 22.0 Å². The van der Waals surface area contributed by atoms with Crippen molar-refractivity contribution in [2.45, 2.75) is 19.3 Å². The molecule has 0 saturated carbocycles. The first-order valence-electron chi connectivity index (χ1n) is 4.82. The molecule has 2 aromatic rings. The zero-order valence-corrected chi connectivity index (χ0v) is 9.95. The normalized spacial score (nSPS) is 12.9. The topological polar surface area (TPSA) is 30.2 Å². The number of fused-ring (bicyclic) bond motifs is 1. The largest absolute Gasteiger partial charge is 0.463 e. The molecule has 0 spiro atoms. The van der Waals surface area contributed by atoms with Crippen LogP contribution in [0.4, 0.5) is 0 Å². The third-order valence-corrected chi connectivity index (χ3v) is 3.18. The highest BCUT2D eigenvalue weighted by Crippen LogP contribution is 2.29. The molecule has 0 fully saturated rings. The Morgan fingerprint density at radius 3 is 3.07 bits per heavy atom. The molecule has 1 heterocycles. The summed E-state index contributed by atoms with van der Waals surface area (Å²) in [6.07, 6.45) is 3.19. The quantitative estimate of drug-likeness (QED) is 0.790. The van der Waals surface area contributed by atoms with Gasteiger partial charge in [0, 0.05) is 11.8 Å². The zero-order chi connectivity index (χ0) is 10.8. The van der Waals surface area contributed by atoms with Crippen LogP contribution in [0, 0.1) is 0 Å². The second-order valence-corrected chi connectivity index (χ2v) is 4.50. The molecule has 1 atom stereocenters. The number of carbonyl (C=O) groups is 1. The van der Waals surface area contributed by atoms with Gasteiger partial charge in [0.2, 0.25) is 0 Å². The van der Waals surface area contributed by atoms with E-state index in [-0.39, 0.29) is 5.92 Å². The van der Waals surface area contributed by atoms with Gasteiger partial charge in [-0.3, -0.25) is 0 Å². The summed E-state index contributed by atoms with van der Waals surface area (Å²) in [6, 6.07) is 6.01. The Bertz CT molecular complexity index is 487. The molecule has 0 bridgehead atoms. The van der Waals surface area contributed by atoms with Crippen LogP contribution in [0.2, 0.25) is 0 Å². The maximum absolute atomic E-state index is 10.4. The maximum Gasteiger partial charge on any atom is 0.135 e. The predicted octanol–water partition coefficient (Wildman–Crippen LogP) is 3.89. The molecule has 1 aromatic heterocycles. The fraction of sp³-hybridized carbons (Fsp3) is 0.250. The van der Waals surface area contributed by atoms with E-state index in [0.29, 0.717) is 6.42 Å². The second kappa shape index (κ2) is 4.19. The number of rotatable bonds is 3. The zero-order valence-electron chi connectivity index (χ0n) is 8.37. The summed E-state index contributed by atoms with van der Waals surface area (Å²) in [5.74, 6) is 0.258. The van der Waals surface area contributed by atoms with Crippen LogP contribution in [0.25, 0.3) is 11.0 Å². The van der Waals surface area contributed by atoms with Gasteiger partial charge in [-0.05, 0) is 39.5 Å². The van der Waals surface area contributed by atoms with Crippen LogP contribution in [-0.2, 0) is 4.79 Å². The lowest BCUT2D eigenvalue weighted by Crippen LogP contribution is -1.93. The number of hydrogen-bond acceptors (Lipinski definition) is 2. The van der Waals surface area contributed by atoms with Crippen LogP contribution in [0.1, 0.15) is 24.8 Å². The molecule has 1 aromatic carbocycles. The second-order valence-electron chi connectivity index (χ2n) is 3.64. The summed E-state index contributed by atoms with van der Waals surface area (Å²) in [7, 11) is 0. The van der Waals surface area contributed by atoms with Gasteiger partial charge in [-0.15, -0.1) is 0 Å². The molecule has 2 rings (SSSR count). The van der Waals surface area contributed by atoms with E-state index in [0.717, 1.165) is 27.3 Å². The van der Waals surface area contributed by atoms with Crippen molar-refractivity contribution in [1.29, 1.82) is 0 Å². The van der Waals surface area contributed by atoms with Gasteiger partial charge in [0.15, 0.2) is 0 Å². The molecule has 0 aliphatic carbocycles. The number of hydrogen-bond donors (Lipinski definition) is 0. The molecule has 15 heavy (non-hydrogen) atoms. The van der Waals surface area contributed by atoms with E-state index >= 15 is 0 Å². The van der Waals surface area contributed by atoms with Gasteiger partial charge in [0.25, 0.3) is 0 Å². The number of carbonyl (C=O) groups excluding carboxylic acids is 1. The molecule has 0 aliphatic rings. The smallest absolute Gasteiger partial charge is 0.135 e. The molecule has 0 amide bonds. The van der Waals surface area contributed by atoms with Crippen molar-refractivity contribution in [3.05, 3.63) is 34.5 Å².